The van der Waals surface area contributed by atoms with E-state index in [1.165, 1.54) is 17.4 Å². The van der Waals surface area contributed by atoms with Crippen LogP contribution in [-0.2, 0) is 4.79 Å². The molecule has 184 valence electrons. The Morgan fingerprint density at radius 1 is 0.971 bits per heavy atom. The van der Waals surface area contributed by atoms with Crippen LogP contribution in [0.4, 0.5) is 10.5 Å². The van der Waals surface area contributed by atoms with Gasteiger partial charge in [-0.2, -0.15) is 0 Å². The molecular formula is C27H37N3O4. The zero-order valence-corrected chi connectivity index (χ0v) is 20.3. The summed E-state index contributed by atoms with van der Waals surface area (Å²) >= 11 is 0. The van der Waals surface area contributed by atoms with Crippen molar-refractivity contribution < 1.29 is 14.0 Å². The highest BCUT2D eigenvalue weighted by Gasteiger charge is 2.37. The smallest absolute Gasteiger partial charge is 0.338 e. The average molecular weight is 468 g/mol. The van der Waals surface area contributed by atoms with Crippen LogP contribution in [0.15, 0.2) is 39.5 Å². The van der Waals surface area contributed by atoms with Crippen molar-refractivity contribution in [3.05, 3.63) is 40.8 Å². The molecule has 7 nitrogen and oxygen atoms in total. The van der Waals surface area contributed by atoms with Crippen molar-refractivity contribution in [1.29, 1.82) is 0 Å². The number of hydrogen-bond acceptors (Lipinski definition) is 5. The fourth-order valence-corrected chi connectivity index (χ4v) is 5.34. The lowest BCUT2D eigenvalue weighted by atomic mass is 9.92. The molecule has 7 heteroatoms. The lowest BCUT2D eigenvalue weighted by molar-refractivity contribution is -0.132. The maximum atomic E-state index is 14.0. The zero-order chi connectivity index (χ0) is 24.1. The summed E-state index contributed by atoms with van der Waals surface area (Å²) in [4.78, 5) is 41.2. The second-order valence-corrected chi connectivity index (χ2v) is 10.1. The Morgan fingerprint density at radius 3 is 2.29 bits per heavy atom. The summed E-state index contributed by atoms with van der Waals surface area (Å²) in [5, 5.41) is 7.21. The number of urea groups is 1. The van der Waals surface area contributed by atoms with Gasteiger partial charge in [-0.05, 0) is 43.7 Å². The number of carbonyl (C=O) groups excluding carboxylic acids is 2. The predicted octanol–water partition coefficient (Wildman–Crippen LogP) is 5.43. The largest absolute Gasteiger partial charge is 0.423 e. The first-order valence-electron chi connectivity index (χ1n) is 12.9. The molecule has 0 aliphatic heterocycles. The number of benzene rings is 1. The van der Waals surface area contributed by atoms with Gasteiger partial charge in [0.25, 0.3) is 5.91 Å². The van der Waals surface area contributed by atoms with Crippen molar-refractivity contribution in [1.82, 2.24) is 10.2 Å². The van der Waals surface area contributed by atoms with Crippen LogP contribution in [0.1, 0.15) is 78.1 Å². The molecule has 2 N–H and O–H groups in total. The fourth-order valence-electron chi connectivity index (χ4n) is 5.34. The Hall–Kier alpha value is -2.83. The Labute approximate surface area is 201 Å². The molecule has 2 aliphatic rings. The molecule has 1 unspecified atom stereocenters. The number of rotatable bonds is 6. The molecule has 1 aromatic heterocycles. The number of para-hydroxylation sites is 1. The Balaban J connectivity index is 1.62. The number of nitrogens with one attached hydrogen (secondary N) is 2. The summed E-state index contributed by atoms with van der Waals surface area (Å²) in [6, 6.07) is 7.78. The van der Waals surface area contributed by atoms with Crippen LogP contribution in [0.2, 0.25) is 0 Å². The second-order valence-electron chi connectivity index (χ2n) is 10.1. The van der Waals surface area contributed by atoms with E-state index < -0.39 is 11.7 Å². The minimum absolute atomic E-state index is 0.0907. The van der Waals surface area contributed by atoms with E-state index in [9.17, 15) is 14.4 Å². The molecule has 3 amide bonds. The van der Waals surface area contributed by atoms with Crippen molar-refractivity contribution in [3.63, 3.8) is 0 Å². The van der Waals surface area contributed by atoms with Gasteiger partial charge in [-0.1, -0.05) is 64.5 Å². The minimum atomic E-state index is -0.649. The highest BCUT2D eigenvalue weighted by molar-refractivity contribution is 6.00. The molecule has 0 saturated heterocycles. The van der Waals surface area contributed by atoms with Crippen LogP contribution in [0, 0.1) is 5.92 Å². The lowest BCUT2D eigenvalue weighted by Crippen LogP contribution is -2.57. The SMILES string of the molecule is CC(C)C(Nc1cc(=O)oc2ccccc12)C(=O)N(C(=O)NC1CCCCC1)C1CCCCC1. The van der Waals surface area contributed by atoms with E-state index in [4.69, 9.17) is 4.42 Å². The highest BCUT2D eigenvalue weighted by atomic mass is 16.4. The normalized spacial score (nSPS) is 18.6. The molecule has 0 radical (unpaired) electrons. The number of hydrogen-bond donors (Lipinski definition) is 2. The summed E-state index contributed by atoms with van der Waals surface area (Å²) in [6.45, 7) is 3.92. The van der Waals surface area contributed by atoms with E-state index in [1.54, 1.807) is 12.1 Å². The van der Waals surface area contributed by atoms with E-state index in [2.05, 4.69) is 10.6 Å². The number of nitrogens with zero attached hydrogens (tertiary/aromatic N) is 1. The van der Waals surface area contributed by atoms with E-state index >= 15 is 0 Å². The average Bonchev–Trinajstić information content (AvgIpc) is 2.83. The van der Waals surface area contributed by atoms with Crippen LogP contribution in [0.3, 0.4) is 0 Å². The number of fused-ring (bicyclic) bond motifs is 1. The van der Waals surface area contributed by atoms with E-state index in [0.29, 0.717) is 11.3 Å². The molecular weight excluding hydrogens is 430 g/mol. The first-order chi connectivity index (χ1) is 16.4. The van der Waals surface area contributed by atoms with Gasteiger partial charge >= 0.3 is 11.7 Å². The summed E-state index contributed by atoms with van der Waals surface area (Å²) in [6.07, 6.45) is 10.2. The molecule has 1 heterocycles. The van der Waals surface area contributed by atoms with Crippen molar-refractivity contribution in [3.8, 4) is 0 Å². The van der Waals surface area contributed by atoms with Gasteiger partial charge in [0.2, 0.25) is 0 Å². The van der Waals surface area contributed by atoms with Crippen LogP contribution < -0.4 is 16.3 Å². The molecule has 2 aromatic rings. The van der Waals surface area contributed by atoms with Gasteiger partial charge in [0.1, 0.15) is 11.6 Å². The van der Waals surface area contributed by atoms with Gasteiger partial charge in [-0.25, -0.2) is 9.59 Å². The second kappa shape index (κ2) is 11.1. The van der Waals surface area contributed by atoms with Crippen LogP contribution in [0.5, 0.6) is 0 Å². The van der Waals surface area contributed by atoms with E-state index in [1.807, 2.05) is 26.0 Å². The summed E-state index contributed by atoms with van der Waals surface area (Å²) in [5.41, 5.74) is 0.539. The minimum Gasteiger partial charge on any atom is -0.423 e. The summed E-state index contributed by atoms with van der Waals surface area (Å²) in [5.74, 6) is -0.320. The maximum Gasteiger partial charge on any atom is 0.338 e. The van der Waals surface area contributed by atoms with Crippen molar-refractivity contribution >= 4 is 28.6 Å². The Kier molecular flexibility index (Phi) is 7.91. The molecule has 2 aliphatic carbocycles. The zero-order valence-electron chi connectivity index (χ0n) is 20.3. The van der Waals surface area contributed by atoms with Crippen molar-refractivity contribution in [2.45, 2.75) is 96.2 Å². The first kappa shape index (κ1) is 24.3. The highest BCUT2D eigenvalue weighted by Crippen LogP contribution is 2.28. The summed E-state index contributed by atoms with van der Waals surface area (Å²) in [7, 11) is 0. The van der Waals surface area contributed by atoms with Gasteiger partial charge in [0.15, 0.2) is 0 Å². The third-order valence-corrected chi connectivity index (χ3v) is 7.22. The molecule has 0 bridgehead atoms. The van der Waals surface area contributed by atoms with Crippen LogP contribution in [0.25, 0.3) is 11.0 Å². The van der Waals surface area contributed by atoms with Gasteiger partial charge in [0.05, 0.1) is 5.69 Å². The third-order valence-electron chi connectivity index (χ3n) is 7.22. The molecule has 2 fully saturated rings. The maximum absolute atomic E-state index is 14.0. The molecule has 34 heavy (non-hydrogen) atoms. The van der Waals surface area contributed by atoms with Gasteiger partial charge in [-0.15, -0.1) is 0 Å². The monoisotopic (exact) mass is 467 g/mol. The number of imide groups is 1. The van der Waals surface area contributed by atoms with Crippen LogP contribution >= 0.6 is 0 Å². The molecule has 4 rings (SSSR count). The standard InChI is InChI=1S/C27H37N3O4/c1-18(2)25(29-22-17-24(31)34-23-16-10-9-15-21(22)23)26(32)30(20-13-7-4-8-14-20)27(33)28-19-11-5-3-6-12-19/h9-10,15-20,25,29H,3-8,11-14H2,1-2H3,(H,28,33). The van der Waals surface area contributed by atoms with E-state index in [0.717, 1.165) is 63.2 Å². The van der Waals surface area contributed by atoms with Gasteiger partial charge in [0, 0.05) is 23.5 Å². The van der Waals surface area contributed by atoms with Crippen LogP contribution in [-0.4, -0.2) is 35.0 Å². The van der Waals surface area contributed by atoms with Crippen molar-refractivity contribution in [2.75, 3.05) is 5.32 Å². The molecule has 1 atom stereocenters. The fraction of sp³-hybridized carbons (Fsp3) is 0.593. The molecule has 1 aromatic carbocycles. The van der Waals surface area contributed by atoms with Crippen molar-refractivity contribution in [2.24, 2.45) is 5.92 Å². The topological polar surface area (TPSA) is 91.7 Å². The quantitative estimate of drug-likeness (QED) is 0.553. The predicted molar refractivity (Wildman–Crippen MR) is 134 cm³/mol. The Morgan fingerprint density at radius 2 is 1.62 bits per heavy atom. The third kappa shape index (κ3) is 5.62. The number of anilines is 1. The number of amides is 3. The first-order valence-corrected chi connectivity index (χ1v) is 12.9. The molecule has 0 spiro atoms. The lowest BCUT2D eigenvalue weighted by Gasteiger charge is -2.37. The van der Waals surface area contributed by atoms with Gasteiger partial charge in [-0.3, -0.25) is 9.69 Å². The summed E-state index contributed by atoms with van der Waals surface area (Å²) < 4.78 is 5.32. The van der Waals surface area contributed by atoms with Gasteiger partial charge < -0.3 is 15.1 Å². The Bertz CT molecular complexity index is 1050. The molecule has 2 saturated carbocycles. The number of carbonyl (C=O) groups is 2. The van der Waals surface area contributed by atoms with E-state index in [-0.39, 0.29) is 29.9 Å².